The zero-order valence-corrected chi connectivity index (χ0v) is 34.8. The number of aliphatic hydroxyl groups excluding tert-OH is 1. The van der Waals surface area contributed by atoms with Gasteiger partial charge in [-0.25, -0.2) is 4.98 Å². The van der Waals surface area contributed by atoms with Crippen molar-refractivity contribution >= 4 is 48.2 Å². The number of thiophene rings is 1. The van der Waals surface area contributed by atoms with Crippen molar-refractivity contribution in [2.75, 3.05) is 0 Å². The van der Waals surface area contributed by atoms with E-state index in [2.05, 4.69) is 74.3 Å². The van der Waals surface area contributed by atoms with Gasteiger partial charge in [0.05, 0.1) is 5.76 Å². The number of hydrogen-bond donors (Lipinski definition) is 1. The minimum absolute atomic E-state index is 0. The molecule has 1 radical (unpaired) electrons. The summed E-state index contributed by atoms with van der Waals surface area (Å²) in [6.45, 7) is 22.8. The van der Waals surface area contributed by atoms with Gasteiger partial charge in [0.1, 0.15) is 22.7 Å². The average Bonchev–Trinajstić information content (AvgIpc) is 3.48. The summed E-state index contributed by atoms with van der Waals surface area (Å²) in [4.78, 5) is 22.5. The van der Waals surface area contributed by atoms with Crippen LogP contribution in [0.1, 0.15) is 107 Å². The van der Waals surface area contributed by atoms with Gasteiger partial charge >= 0.3 is 0 Å². The Hall–Kier alpha value is -3.38. The van der Waals surface area contributed by atoms with Crippen LogP contribution < -0.4 is 4.74 Å². The number of benzene rings is 3. The first-order valence-electron chi connectivity index (χ1n) is 17.5. The molecule has 0 unspecified atom stereocenters. The molecule has 0 aliphatic heterocycles. The summed E-state index contributed by atoms with van der Waals surface area (Å²) in [6, 6.07) is 20.6. The van der Waals surface area contributed by atoms with Crippen molar-refractivity contribution in [3.63, 3.8) is 0 Å². The van der Waals surface area contributed by atoms with Crippen molar-refractivity contribution in [1.82, 2.24) is 9.97 Å². The van der Waals surface area contributed by atoms with E-state index in [0.29, 0.717) is 0 Å². The van der Waals surface area contributed by atoms with E-state index in [-0.39, 0.29) is 47.9 Å². The fourth-order valence-electron chi connectivity index (χ4n) is 5.76. The third-order valence-electron chi connectivity index (χ3n) is 10.4. The fourth-order valence-corrected chi connectivity index (χ4v) is 6.83. The zero-order valence-electron chi connectivity index (χ0n) is 31.6. The Labute approximate surface area is 316 Å². The molecular weight excluding hydrogens is 817 g/mol. The first-order chi connectivity index (χ1) is 23.1. The number of aliphatic hydroxyl groups is 1. The summed E-state index contributed by atoms with van der Waals surface area (Å²) >= 11 is 1.67. The number of ether oxygens (including phenoxy) is 1. The number of nitrogens with zero attached hydrogens (tertiary/aromatic N) is 2. The van der Waals surface area contributed by atoms with Crippen LogP contribution in [0, 0.1) is 16.9 Å². The number of aromatic nitrogens is 2. The van der Waals surface area contributed by atoms with Gasteiger partial charge in [0.15, 0.2) is 5.78 Å². The Kier molecular flexibility index (Phi) is 13.8. The maximum Gasteiger partial charge on any atom is 0.164 e. The molecule has 5 nitrogen and oxygen atoms in total. The number of rotatable bonds is 10. The molecule has 2 aromatic heterocycles. The summed E-state index contributed by atoms with van der Waals surface area (Å²) in [5.74, 6) is 2.00. The van der Waals surface area contributed by atoms with E-state index in [1.54, 1.807) is 17.7 Å². The summed E-state index contributed by atoms with van der Waals surface area (Å²) < 4.78 is 7.05. The normalized spacial score (nSPS) is 12.9. The van der Waals surface area contributed by atoms with Gasteiger partial charge in [0.2, 0.25) is 0 Å². The summed E-state index contributed by atoms with van der Waals surface area (Å²) in [5.41, 5.74) is 2.63. The molecule has 0 atom stereocenters. The molecule has 3 aromatic carbocycles. The third-order valence-corrected chi connectivity index (χ3v) is 11.4. The van der Waals surface area contributed by atoms with E-state index in [0.717, 1.165) is 74.1 Å². The quantitative estimate of drug-likeness (QED) is 0.0860. The number of carbonyl (C=O) groups is 1. The van der Waals surface area contributed by atoms with E-state index in [9.17, 15) is 9.90 Å². The van der Waals surface area contributed by atoms with Gasteiger partial charge in [0.25, 0.3) is 0 Å². The average molecular weight is 870 g/mol. The summed E-state index contributed by atoms with van der Waals surface area (Å²) in [5, 5.41) is 14.7. The standard InChI is InChI=1S/C28H25N2OS.C15H28O2.Ir/c1-6-17(2)31-20-11-12-22-24(15-20)32-27-25(22)26(29-16-30-27)19-13-18-9-7-8-10-21(18)23(14-19)28(3,4)5;1-7-14(5,8-2)12(16)11-13(17)15(6,9-3)10-4;/h6-12,14-16H,1-5H3;11,16H,7-10H2,1-6H3;/q-1;;/b17-6+;12-11-;. The molecule has 0 aliphatic carbocycles. The van der Waals surface area contributed by atoms with E-state index in [4.69, 9.17) is 9.72 Å². The monoisotopic (exact) mass is 870 g/mol. The Bertz CT molecular complexity index is 2010. The van der Waals surface area contributed by atoms with Crippen molar-refractivity contribution in [2.45, 2.75) is 107 Å². The van der Waals surface area contributed by atoms with Crippen molar-refractivity contribution in [3.8, 4) is 17.0 Å². The van der Waals surface area contributed by atoms with Crippen LogP contribution >= 0.6 is 11.3 Å². The first-order valence-corrected chi connectivity index (χ1v) is 18.4. The van der Waals surface area contributed by atoms with Gasteiger partial charge in [0, 0.05) is 52.8 Å². The van der Waals surface area contributed by atoms with Crippen LogP contribution in [-0.4, -0.2) is 20.9 Å². The minimum atomic E-state index is -0.337. The van der Waals surface area contributed by atoms with Crippen LogP contribution in [0.2, 0.25) is 0 Å². The van der Waals surface area contributed by atoms with Crippen molar-refractivity contribution in [3.05, 3.63) is 90.2 Å². The fraction of sp³-hybridized carbons (Fsp3) is 0.419. The minimum Gasteiger partial charge on any atom is -0.512 e. The Morgan fingerprint density at radius 2 is 1.54 bits per heavy atom. The molecule has 1 N–H and O–H groups in total. The maximum atomic E-state index is 12.2. The molecule has 50 heavy (non-hydrogen) atoms. The van der Waals surface area contributed by atoms with Crippen LogP contribution in [0.5, 0.6) is 5.75 Å². The SMILES string of the molecule is C/C=C(\C)Oc1ccc2c(c1)sc1ncnc(-c3[c-]c4ccccc4c(C(C)(C)C)c3)c12.CCC(C)(CC)C(=O)/C=C(\O)C(C)(CC)CC.[Ir]. The smallest absolute Gasteiger partial charge is 0.164 e. The summed E-state index contributed by atoms with van der Waals surface area (Å²) in [7, 11) is 0. The van der Waals surface area contributed by atoms with Gasteiger partial charge < -0.3 is 9.84 Å². The van der Waals surface area contributed by atoms with Crippen molar-refractivity contribution < 1.29 is 34.7 Å². The number of carbonyl (C=O) groups excluding carboxylic acids is 1. The van der Waals surface area contributed by atoms with Crippen molar-refractivity contribution in [1.29, 1.82) is 0 Å². The molecular formula is C43H53IrN2O3S-. The zero-order chi connectivity index (χ0) is 36.1. The van der Waals surface area contributed by atoms with Gasteiger partial charge in [-0.05, 0) is 74.6 Å². The second kappa shape index (κ2) is 16.8. The second-order valence-corrected chi connectivity index (χ2v) is 15.5. The first kappa shape index (κ1) is 41.0. The molecule has 0 bridgehead atoms. The number of allylic oxidation sites excluding steroid dienone is 4. The van der Waals surface area contributed by atoms with Crippen LogP contribution in [0.15, 0.2) is 78.5 Å². The molecule has 7 heteroatoms. The topological polar surface area (TPSA) is 72.3 Å². The molecule has 0 fully saturated rings. The molecule has 2 heterocycles. The van der Waals surface area contributed by atoms with Gasteiger partial charge in [-0.3, -0.25) is 9.78 Å². The number of ketones is 1. The second-order valence-electron chi connectivity index (χ2n) is 14.5. The molecule has 0 spiro atoms. The van der Waals surface area contributed by atoms with E-state index < -0.39 is 0 Å². The maximum absolute atomic E-state index is 12.2. The van der Waals surface area contributed by atoms with Gasteiger partial charge in [-0.1, -0.05) is 91.5 Å². The van der Waals surface area contributed by atoms with Crippen LogP contribution in [-0.2, 0) is 30.3 Å². The van der Waals surface area contributed by atoms with E-state index >= 15 is 0 Å². The Morgan fingerprint density at radius 1 is 0.900 bits per heavy atom. The van der Waals surface area contributed by atoms with E-state index in [1.807, 2.05) is 67.5 Å². The number of hydrogen-bond acceptors (Lipinski definition) is 6. The molecule has 0 saturated heterocycles. The predicted molar refractivity (Wildman–Crippen MR) is 209 cm³/mol. The third kappa shape index (κ3) is 8.73. The molecule has 0 aliphatic rings. The Balaban J connectivity index is 0.000000323. The molecule has 269 valence electrons. The van der Waals surface area contributed by atoms with Crippen LogP contribution in [0.4, 0.5) is 0 Å². The largest absolute Gasteiger partial charge is 0.512 e. The van der Waals surface area contributed by atoms with E-state index in [1.165, 1.54) is 17.0 Å². The Morgan fingerprint density at radius 3 is 2.14 bits per heavy atom. The molecule has 0 amide bonds. The number of fused-ring (bicyclic) bond motifs is 4. The van der Waals surface area contributed by atoms with Crippen LogP contribution in [0.3, 0.4) is 0 Å². The van der Waals surface area contributed by atoms with Crippen LogP contribution in [0.25, 0.3) is 42.3 Å². The predicted octanol–water partition coefficient (Wildman–Crippen LogP) is 12.7. The molecule has 0 saturated carbocycles. The molecule has 5 rings (SSSR count). The van der Waals surface area contributed by atoms with Gasteiger partial charge in [-0.15, -0.1) is 40.5 Å². The van der Waals surface area contributed by atoms with Gasteiger partial charge in [-0.2, -0.15) is 0 Å². The molecule has 5 aromatic rings. The van der Waals surface area contributed by atoms with Crippen molar-refractivity contribution in [2.24, 2.45) is 10.8 Å². The summed E-state index contributed by atoms with van der Waals surface area (Å²) in [6.07, 6.45) is 8.37.